The number of hydrogen-bond acceptors (Lipinski definition) is 2. The van der Waals surface area contributed by atoms with Crippen LogP contribution in [-0.4, -0.2) is 11.0 Å². The fraction of sp³-hybridized carbons (Fsp3) is 0.294. The van der Waals surface area contributed by atoms with E-state index in [0.717, 1.165) is 0 Å². The Morgan fingerprint density at radius 2 is 1.11 bits per heavy atom. The predicted octanol–water partition coefficient (Wildman–Crippen LogP) is 5.99. The molecule has 0 aliphatic heterocycles. The van der Waals surface area contributed by atoms with Crippen LogP contribution in [0.3, 0.4) is 0 Å². The van der Waals surface area contributed by atoms with E-state index in [4.69, 9.17) is 0 Å². The molecular weight excluding hydrogens is 268 g/mol. The van der Waals surface area contributed by atoms with Gasteiger partial charge >= 0.3 is 0 Å². The topological polar surface area (TPSA) is 0 Å². The van der Waals surface area contributed by atoms with Gasteiger partial charge in [-0.25, -0.2) is 0 Å². The largest absolute Gasteiger partial charge is 0.130 e. The first-order chi connectivity index (χ1) is 9.01. The molecule has 0 atom stereocenters. The van der Waals surface area contributed by atoms with Gasteiger partial charge < -0.3 is 0 Å². The molecule has 0 heterocycles. The molecule has 0 aliphatic rings. The van der Waals surface area contributed by atoms with Crippen molar-refractivity contribution in [3.8, 4) is 0 Å². The summed E-state index contributed by atoms with van der Waals surface area (Å²) in [5, 5.41) is 0. The minimum absolute atomic E-state index is 0.321. The van der Waals surface area contributed by atoms with E-state index in [-0.39, 0.29) is 0 Å². The lowest BCUT2D eigenvalue weighted by Crippen LogP contribution is -2.06. The molecule has 0 fully saturated rings. The Labute approximate surface area is 126 Å². The quantitative estimate of drug-likeness (QED) is 0.623. The molecule has 0 aliphatic carbocycles. The van der Waals surface area contributed by atoms with Crippen LogP contribution in [0.5, 0.6) is 0 Å². The average molecular weight is 290 g/mol. The Morgan fingerprint density at radius 3 is 1.42 bits per heavy atom. The second-order valence-corrected chi connectivity index (χ2v) is 7.82. The van der Waals surface area contributed by atoms with Crippen molar-refractivity contribution in [3.63, 3.8) is 0 Å². The van der Waals surface area contributed by atoms with Crippen molar-refractivity contribution in [3.05, 3.63) is 60.7 Å². The molecule has 0 saturated carbocycles. The lowest BCUT2D eigenvalue weighted by molar-refractivity contribution is 0.803. The van der Waals surface area contributed by atoms with Crippen LogP contribution in [0, 0.1) is 0 Å². The zero-order valence-corrected chi connectivity index (χ0v) is 13.7. The van der Waals surface area contributed by atoms with Gasteiger partial charge in [-0.3, -0.25) is 0 Å². The van der Waals surface area contributed by atoms with E-state index in [0.29, 0.717) is 4.75 Å². The Kier molecular flexibility index (Phi) is 7.11. The van der Waals surface area contributed by atoms with Gasteiger partial charge in [0.25, 0.3) is 0 Å². The lowest BCUT2D eigenvalue weighted by atomic mass is 10.3. The van der Waals surface area contributed by atoms with Crippen LogP contribution in [0.2, 0.25) is 0 Å². The van der Waals surface area contributed by atoms with Gasteiger partial charge in [0.15, 0.2) is 0 Å². The standard InChI is InChI=1S/C10H14S.C7H8S/c1-10(2,3)11-9-7-5-4-6-8-9;1-8-7-5-3-2-4-6-7/h4-8H,1-3H3;2-6H,1H3. The summed E-state index contributed by atoms with van der Waals surface area (Å²) >= 11 is 3.67. The molecule has 2 heteroatoms. The molecule has 0 radical (unpaired) electrons. The van der Waals surface area contributed by atoms with E-state index in [1.54, 1.807) is 11.8 Å². The van der Waals surface area contributed by atoms with E-state index in [2.05, 4.69) is 63.4 Å². The maximum atomic E-state index is 2.23. The molecule has 0 nitrogen and oxygen atoms in total. The maximum Gasteiger partial charge on any atom is 0.0122 e. The molecule has 0 N–H and O–H groups in total. The Balaban J connectivity index is 0.000000200. The Morgan fingerprint density at radius 1 is 0.684 bits per heavy atom. The molecule has 0 aromatic heterocycles. The van der Waals surface area contributed by atoms with Crippen LogP contribution in [0.1, 0.15) is 20.8 Å². The highest BCUT2D eigenvalue weighted by atomic mass is 32.2. The second-order valence-electron chi connectivity index (χ2n) is 5.04. The van der Waals surface area contributed by atoms with Crippen molar-refractivity contribution >= 4 is 23.5 Å². The van der Waals surface area contributed by atoms with Crippen molar-refractivity contribution in [1.29, 1.82) is 0 Å². The van der Waals surface area contributed by atoms with Gasteiger partial charge in [0.05, 0.1) is 0 Å². The lowest BCUT2D eigenvalue weighted by Gasteiger charge is -2.16. The minimum atomic E-state index is 0.321. The molecule has 0 spiro atoms. The van der Waals surface area contributed by atoms with Gasteiger partial charge in [0, 0.05) is 14.5 Å². The molecule has 102 valence electrons. The van der Waals surface area contributed by atoms with E-state index in [1.165, 1.54) is 9.79 Å². The summed E-state index contributed by atoms with van der Waals surface area (Å²) in [7, 11) is 0. The summed E-state index contributed by atoms with van der Waals surface area (Å²) < 4.78 is 0.321. The molecule has 0 bridgehead atoms. The third-order valence-electron chi connectivity index (χ3n) is 2.15. The molecule has 19 heavy (non-hydrogen) atoms. The SMILES string of the molecule is CC(C)(C)Sc1ccccc1.CSc1ccccc1. The average Bonchev–Trinajstić information content (AvgIpc) is 2.40. The smallest absolute Gasteiger partial charge is 0.0122 e. The van der Waals surface area contributed by atoms with Crippen LogP contribution in [0.4, 0.5) is 0 Å². The molecule has 2 aromatic carbocycles. The first-order valence-corrected chi connectivity index (χ1v) is 8.38. The summed E-state index contributed by atoms with van der Waals surface area (Å²) in [4.78, 5) is 2.67. The summed E-state index contributed by atoms with van der Waals surface area (Å²) in [5.41, 5.74) is 0. The van der Waals surface area contributed by atoms with Crippen molar-refractivity contribution in [1.82, 2.24) is 0 Å². The third-order valence-corrected chi connectivity index (χ3v) is 4.01. The molecule has 0 saturated heterocycles. The predicted molar refractivity (Wildman–Crippen MR) is 90.3 cm³/mol. The Bertz CT molecular complexity index is 444. The highest BCUT2D eigenvalue weighted by molar-refractivity contribution is 8.00. The fourth-order valence-corrected chi connectivity index (χ4v) is 2.83. The van der Waals surface area contributed by atoms with E-state index >= 15 is 0 Å². The zero-order chi connectivity index (χ0) is 14.1. The monoisotopic (exact) mass is 290 g/mol. The third kappa shape index (κ3) is 8.02. The van der Waals surface area contributed by atoms with Gasteiger partial charge in [-0.15, -0.1) is 23.5 Å². The van der Waals surface area contributed by atoms with Crippen LogP contribution in [0.25, 0.3) is 0 Å². The van der Waals surface area contributed by atoms with Crippen molar-refractivity contribution in [2.24, 2.45) is 0 Å². The summed E-state index contributed by atoms with van der Waals surface area (Å²) in [5.74, 6) is 0. The van der Waals surface area contributed by atoms with E-state index in [1.807, 2.05) is 36.0 Å². The number of benzene rings is 2. The zero-order valence-electron chi connectivity index (χ0n) is 12.1. The molecular formula is C17H22S2. The number of thioether (sulfide) groups is 2. The number of rotatable bonds is 2. The van der Waals surface area contributed by atoms with Crippen LogP contribution in [0.15, 0.2) is 70.5 Å². The molecule has 2 rings (SSSR count). The van der Waals surface area contributed by atoms with Gasteiger partial charge in [-0.05, 0) is 30.5 Å². The summed E-state index contributed by atoms with van der Waals surface area (Å²) in [6.45, 7) is 6.68. The van der Waals surface area contributed by atoms with Gasteiger partial charge in [-0.1, -0.05) is 57.2 Å². The maximum absolute atomic E-state index is 2.23. The highest BCUT2D eigenvalue weighted by Crippen LogP contribution is 2.31. The van der Waals surface area contributed by atoms with Crippen LogP contribution >= 0.6 is 23.5 Å². The minimum Gasteiger partial charge on any atom is -0.130 e. The van der Waals surface area contributed by atoms with E-state index in [9.17, 15) is 0 Å². The first kappa shape index (κ1) is 16.2. The van der Waals surface area contributed by atoms with Crippen molar-refractivity contribution in [2.45, 2.75) is 35.3 Å². The van der Waals surface area contributed by atoms with Crippen molar-refractivity contribution < 1.29 is 0 Å². The first-order valence-electron chi connectivity index (χ1n) is 6.34. The van der Waals surface area contributed by atoms with Gasteiger partial charge in [0.2, 0.25) is 0 Å². The van der Waals surface area contributed by atoms with Gasteiger partial charge in [-0.2, -0.15) is 0 Å². The van der Waals surface area contributed by atoms with E-state index < -0.39 is 0 Å². The number of hydrogen-bond donors (Lipinski definition) is 0. The van der Waals surface area contributed by atoms with Crippen LogP contribution in [-0.2, 0) is 0 Å². The molecule has 0 unspecified atom stereocenters. The molecule has 2 aromatic rings. The fourth-order valence-electron chi connectivity index (χ4n) is 1.40. The van der Waals surface area contributed by atoms with Gasteiger partial charge in [0.1, 0.15) is 0 Å². The normalized spacial score (nSPS) is 10.5. The van der Waals surface area contributed by atoms with Crippen molar-refractivity contribution in [2.75, 3.05) is 6.26 Å². The molecule has 0 amide bonds. The Hall–Kier alpha value is -0.860. The second kappa shape index (κ2) is 8.34. The summed E-state index contributed by atoms with van der Waals surface area (Å²) in [6, 6.07) is 20.8. The van der Waals surface area contributed by atoms with Crippen LogP contribution < -0.4 is 0 Å². The summed E-state index contributed by atoms with van der Waals surface area (Å²) in [6.07, 6.45) is 2.08. The highest BCUT2D eigenvalue weighted by Gasteiger charge is 2.10.